The van der Waals surface area contributed by atoms with Gasteiger partial charge in [0, 0.05) is 5.56 Å². The smallest absolute Gasteiger partial charge is 0.475 e. The largest absolute Gasteiger partial charge is 0.490 e. The standard InChI is InChI=1S/C17H14N2.C2HF3O2/c18-17(19)16-9-8-14-10-13(6-7-15(14)11-16)12-4-2-1-3-5-12;3-2(4,5)1(6)7/h1-11H,(H3,18,19);(H,6,7). The molecule has 0 bridgehead atoms. The van der Waals surface area contributed by atoms with Crippen LogP contribution >= 0.6 is 0 Å². The maximum atomic E-state index is 10.6. The summed E-state index contributed by atoms with van der Waals surface area (Å²) >= 11 is 0. The number of nitrogens with one attached hydrogen (secondary N) is 1. The zero-order valence-electron chi connectivity index (χ0n) is 13.4. The van der Waals surface area contributed by atoms with Crippen LogP contribution in [0.3, 0.4) is 0 Å². The molecule has 3 aromatic carbocycles. The number of carboxylic acid groups (broad SMARTS) is 1. The number of halogens is 3. The number of benzene rings is 3. The van der Waals surface area contributed by atoms with E-state index in [1.54, 1.807) is 0 Å². The number of nitrogens with two attached hydrogens (primary N) is 1. The van der Waals surface area contributed by atoms with E-state index in [9.17, 15) is 13.2 Å². The number of nitrogen functional groups attached to an aromatic ring is 1. The first-order valence-corrected chi connectivity index (χ1v) is 7.42. The lowest BCUT2D eigenvalue weighted by atomic mass is 10.00. The fraction of sp³-hybridized carbons (Fsp3) is 0.0526. The molecule has 4 nitrogen and oxygen atoms in total. The monoisotopic (exact) mass is 360 g/mol. The molecule has 0 fully saturated rings. The van der Waals surface area contributed by atoms with Crippen LogP contribution in [0.1, 0.15) is 5.56 Å². The molecule has 0 aliphatic carbocycles. The third kappa shape index (κ3) is 4.83. The molecule has 0 aliphatic heterocycles. The Labute approximate surface area is 147 Å². The van der Waals surface area contributed by atoms with Crippen LogP contribution in [0.5, 0.6) is 0 Å². The molecule has 0 heterocycles. The molecular weight excluding hydrogens is 345 g/mol. The lowest BCUT2D eigenvalue weighted by molar-refractivity contribution is -0.192. The van der Waals surface area contributed by atoms with Crippen LogP contribution in [0.2, 0.25) is 0 Å². The van der Waals surface area contributed by atoms with E-state index in [4.69, 9.17) is 21.0 Å². The number of carbonyl (C=O) groups is 1. The van der Waals surface area contributed by atoms with E-state index in [2.05, 4.69) is 30.3 Å². The first kappa shape index (κ1) is 19.0. The molecule has 4 N–H and O–H groups in total. The molecule has 0 aliphatic rings. The highest BCUT2D eigenvalue weighted by atomic mass is 19.4. The molecule has 0 unspecified atom stereocenters. The molecule has 134 valence electrons. The van der Waals surface area contributed by atoms with Crippen molar-refractivity contribution in [1.82, 2.24) is 0 Å². The number of aliphatic carboxylic acids is 1. The molecule has 0 radical (unpaired) electrons. The Hall–Kier alpha value is -3.35. The van der Waals surface area contributed by atoms with Gasteiger partial charge in [-0.15, -0.1) is 0 Å². The summed E-state index contributed by atoms with van der Waals surface area (Å²) in [5, 5.41) is 16.9. The molecule has 0 amide bonds. The molecule has 0 aromatic heterocycles. The summed E-state index contributed by atoms with van der Waals surface area (Å²) in [7, 11) is 0. The molecule has 0 atom stereocenters. The highest BCUT2D eigenvalue weighted by Crippen LogP contribution is 2.25. The van der Waals surface area contributed by atoms with Crippen LogP contribution in [0.15, 0.2) is 66.7 Å². The highest BCUT2D eigenvalue weighted by molar-refractivity contribution is 5.99. The van der Waals surface area contributed by atoms with Gasteiger partial charge in [0.1, 0.15) is 5.84 Å². The van der Waals surface area contributed by atoms with E-state index in [0.29, 0.717) is 0 Å². The fourth-order valence-corrected chi connectivity index (χ4v) is 2.22. The predicted molar refractivity (Wildman–Crippen MR) is 94.1 cm³/mol. The Bertz CT molecular complexity index is 938. The second kappa shape index (κ2) is 7.69. The van der Waals surface area contributed by atoms with E-state index in [1.807, 2.05) is 36.4 Å². The minimum atomic E-state index is -5.08. The molecule has 26 heavy (non-hydrogen) atoms. The normalized spacial score (nSPS) is 10.7. The second-order valence-electron chi connectivity index (χ2n) is 5.36. The SMILES string of the molecule is N=C(N)c1ccc2cc(-c3ccccc3)ccc2c1.O=C(O)C(F)(F)F. The Kier molecular flexibility index (Phi) is 5.61. The predicted octanol–water partition coefficient (Wildman–Crippen LogP) is 4.42. The van der Waals surface area contributed by atoms with Gasteiger partial charge in [0.25, 0.3) is 0 Å². The first-order chi connectivity index (χ1) is 12.2. The van der Waals surface area contributed by atoms with Gasteiger partial charge in [-0.3, -0.25) is 5.41 Å². The van der Waals surface area contributed by atoms with Crippen molar-refractivity contribution in [2.45, 2.75) is 6.18 Å². The molecule has 0 saturated carbocycles. The first-order valence-electron chi connectivity index (χ1n) is 7.42. The van der Waals surface area contributed by atoms with Gasteiger partial charge in [-0.1, -0.05) is 54.6 Å². The fourth-order valence-electron chi connectivity index (χ4n) is 2.22. The third-order valence-corrected chi connectivity index (χ3v) is 3.50. The number of carboxylic acids is 1. The van der Waals surface area contributed by atoms with Crippen LogP contribution in [-0.2, 0) is 4.79 Å². The van der Waals surface area contributed by atoms with Crippen molar-refractivity contribution in [2.75, 3.05) is 0 Å². The Balaban J connectivity index is 0.000000298. The number of alkyl halides is 3. The van der Waals surface area contributed by atoms with Gasteiger partial charge >= 0.3 is 12.1 Å². The van der Waals surface area contributed by atoms with E-state index >= 15 is 0 Å². The molecule has 0 spiro atoms. The summed E-state index contributed by atoms with van der Waals surface area (Å²) in [5.41, 5.74) is 8.68. The Morgan fingerprint density at radius 2 is 1.42 bits per heavy atom. The molecule has 0 saturated heterocycles. The Morgan fingerprint density at radius 3 is 1.96 bits per heavy atom. The Morgan fingerprint density at radius 1 is 0.885 bits per heavy atom. The van der Waals surface area contributed by atoms with Crippen LogP contribution in [0.25, 0.3) is 21.9 Å². The molecule has 7 heteroatoms. The van der Waals surface area contributed by atoms with E-state index < -0.39 is 12.1 Å². The average Bonchev–Trinajstić information content (AvgIpc) is 2.61. The van der Waals surface area contributed by atoms with Crippen LogP contribution in [0.4, 0.5) is 13.2 Å². The number of hydrogen-bond donors (Lipinski definition) is 3. The maximum Gasteiger partial charge on any atom is 0.490 e. The van der Waals surface area contributed by atoms with Crippen LogP contribution in [0, 0.1) is 5.41 Å². The van der Waals surface area contributed by atoms with Crippen molar-refractivity contribution in [3.8, 4) is 11.1 Å². The summed E-state index contributed by atoms with van der Waals surface area (Å²) in [6.45, 7) is 0. The summed E-state index contributed by atoms with van der Waals surface area (Å²) < 4.78 is 31.7. The summed E-state index contributed by atoms with van der Waals surface area (Å²) in [4.78, 5) is 8.90. The lowest BCUT2D eigenvalue weighted by Gasteiger charge is -2.06. The zero-order chi connectivity index (χ0) is 19.3. The summed E-state index contributed by atoms with van der Waals surface area (Å²) in [6.07, 6.45) is -5.08. The average molecular weight is 360 g/mol. The molecule has 3 rings (SSSR count). The lowest BCUT2D eigenvalue weighted by Crippen LogP contribution is -2.21. The van der Waals surface area contributed by atoms with Gasteiger partial charge in [-0.05, 0) is 34.0 Å². The summed E-state index contributed by atoms with van der Waals surface area (Å²) in [6, 6.07) is 22.5. The van der Waals surface area contributed by atoms with E-state index in [1.165, 1.54) is 11.1 Å². The third-order valence-electron chi connectivity index (χ3n) is 3.50. The van der Waals surface area contributed by atoms with Gasteiger partial charge in [0.15, 0.2) is 0 Å². The zero-order valence-corrected chi connectivity index (χ0v) is 13.4. The topological polar surface area (TPSA) is 87.2 Å². The number of fused-ring (bicyclic) bond motifs is 1. The molecular formula is C19H15F3N2O2. The van der Waals surface area contributed by atoms with E-state index in [-0.39, 0.29) is 5.84 Å². The molecule has 3 aromatic rings. The van der Waals surface area contributed by atoms with Gasteiger partial charge in [0.2, 0.25) is 0 Å². The van der Waals surface area contributed by atoms with Crippen molar-refractivity contribution in [1.29, 1.82) is 5.41 Å². The minimum Gasteiger partial charge on any atom is -0.475 e. The maximum absolute atomic E-state index is 10.6. The van der Waals surface area contributed by atoms with Gasteiger partial charge in [0.05, 0.1) is 0 Å². The van der Waals surface area contributed by atoms with E-state index in [0.717, 1.165) is 16.3 Å². The highest BCUT2D eigenvalue weighted by Gasteiger charge is 2.38. The summed E-state index contributed by atoms with van der Waals surface area (Å²) in [5.74, 6) is -2.65. The van der Waals surface area contributed by atoms with Gasteiger partial charge in [-0.2, -0.15) is 13.2 Å². The van der Waals surface area contributed by atoms with Crippen molar-refractivity contribution >= 4 is 22.6 Å². The van der Waals surface area contributed by atoms with Crippen molar-refractivity contribution in [3.63, 3.8) is 0 Å². The van der Waals surface area contributed by atoms with Crippen molar-refractivity contribution in [2.24, 2.45) is 5.73 Å². The van der Waals surface area contributed by atoms with Crippen LogP contribution < -0.4 is 5.73 Å². The second-order valence-corrected chi connectivity index (χ2v) is 5.36. The minimum absolute atomic E-state index is 0.106. The number of amidine groups is 1. The van der Waals surface area contributed by atoms with Gasteiger partial charge in [-0.25, -0.2) is 4.79 Å². The van der Waals surface area contributed by atoms with Crippen molar-refractivity contribution < 1.29 is 23.1 Å². The van der Waals surface area contributed by atoms with Crippen LogP contribution in [-0.4, -0.2) is 23.1 Å². The number of hydrogen-bond acceptors (Lipinski definition) is 2. The number of rotatable bonds is 2. The quantitative estimate of drug-likeness (QED) is 0.467. The van der Waals surface area contributed by atoms with Gasteiger partial charge < -0.3 is 10.8 Å². The van der Waals surface area contributed by atoms with Crippen molar-refractivity contribution in [3.05, 3.63) is 72.3 Å².